The number of hydrogen-bond donors (Lipinski definition) is 5. The van der Waals surface area contributed by atoms with Crippen molar-refractivity contribution in [3.63, 3.8) is 0 Å². The molecule has 0 spiro atoms. The van der Waals surface area contributed by atoms with Crippen molar-refractivity contribution < 1.29 is 30.0 Å². The average Bonchev–Trinajstić information content (AvgIpc) is 2.62. The van der Waals surface area contributed by atoms with E-state index in [0.29, 0.717) is 25.2 Å². The minimum absolute atomic E-state index is 0.0792. The number of rotatable bonds is 9. The molecule has 0 bridgehead atoms. The van der Waals surface area contributed by atoms with E-state index in [1.807, 2.05) is 11.0 Å². The molecule has 29 heavy (non-hydrogen) atoms. The van der Waals surface area contributed by atoms with E-state index < -0.39 is 24.1 Å². The second-order valence-corrected chi connectivity index (χ2v) is 7.08. The molecule has 156 valence electrons. The molecule has 2 atom stereocenters. The van der Waals surface area contributed by atoms with Crippen LogP contribution in [0.4, 0.5) is 5.69 Å². The van der Waals surface area contributed by atoms with Gasteiger partial charge >= 0.3 is 5.97 Å². The van der Waals surface area contributed by atoms with Crippen LogP contribution in [0.3, 0.4) is 0 Å². The van der Waals surface area contributed by atoms with Crippen molar-refractivity contribution in [3.05, 3.63) is 59.2 Å². The van der Waals surface area contributed by atoms with Crippen molar-refractivity contribution >= 4 is 17.6 Å². The lowest BCUT2D eigenvalue weighted by Gasteiger charge is -2.25. The molecule has 0 radical (unpaired) electrons. The molecule has 2 aromatic rings. The Labute approximate surface area is 169 Å². The fourth-order valence-electron chi connectivity index (χ4n) is 3.03. The summed E-state index contributed by atoms with van der Waals surface area (Å²) >= 11 is 0. The van der Waals surface area contributed by atoms with Crippen LogP contribution in [0.2, 0.25) is 0 Å². The molecule has 8 heteroatoms. The number of carboxylic acid groups (broad SMARTS) is 1. The van der Waals surface area contributed by atoms with Crippen molar-refractivity contribution in [2.75, 3.05) is 18.4 Å². The van der Waals surface area contributed by atoms with Crippen LogP contribution in [0.25, 0.3) is 0 Å². The second-order valence-electron chi connectivity index (χ2n) is 7.08. The number of aliphatic hydroxyl groups is 2. The van der Waals surface area contributed by atoms with Crippen LogP contribution in [0.5, 0.6) is 5.75 Å². The third kappa shape index (κ3) is 6.86. The second kappa shape index (κ2) is 10.0. The Bertz CT molecular complexity index is 856. The van der Waals surface area contributed by atoms with E-state index in [9.17, 15) is 30.0 Å². The SMILES string of the molecule is CC(O)CN(Cc1cccc(C(=O)Nc2ccc(O)cc2C(=O)O)c1)CC(C)O. The Morgan fingerprint density at radius 2 is 1.69 bits per heavy atom. The summed E-state index contributed by atoms with van der Waals surface area (Å²) in [7, 11) is 0. The molecular formula is C21H26N2O6. The molecule has 5 N–H and O–H groups in total. The maximum Gasteiger partial charge on any atom is 0.337 e. The molecule has 0 aliphatic heterocycles. The fourth-order valence-corrected chi connectivity index (χ4v) is 3.03. The van der Waals surface area contributed by atoms with Gasteiger partial charge in [-0.3, -0.25) is 9.69 Å². The van der Waals surface area contributed by atoms with E-state index in [1.165, 1.54) is 12.1 Å². The smallest absolute Gasteiger partial charge is 0.337 e. The summed E-state index contributed by atoms with van der Waals surface area (Å²) in [5, 5.41) is 40.6. The molecule has 2 rings (SSSR count). The average molecular weight is 402 g/mol. The minimum atomic E-state index is -1.27. The largest absolute Gasteiger partial charge is 0.508 e. The number of amides is 1. The molecule has 1 amide bonds. The van der Waals surface area contributed by atoms with Crippen molar-refractivity contribution in [3.8, 4) is 5.75 Å². The van der Waals surface area contributed by atoms with Crippen molar-refractivity contribution in [1.82, 2.24) is 4.90 Å². The van der Waals surface area contributed by atoms with Crippen LogP contribution in [0.1, 0.15) is 40.1 Å². The van der Waals surface area contributed by atoms with Crippen LogP contribution in [-0.2, 0) is 6.54 Å². The third-order valence-electron chi connectivity index (χ3n) is 4.12. The lowest BCUT2D eigenvalue weighted by atomic mass is 10.1. The maximum atomic E-state index is 12.6. The first-order valence-electron chi connectivity index (χ1n) is 9.20. The molecule has 0 saturated heterocycles. The number of benzene rings is 2. The molecule has 0 aliphatic carbocycles. The van der Waals surface area contributed by atoms with E-state index in [4.69, 9.17) is 0 Å². The van der Waals surface area contributed by atoms with Crippen LogP contribution >= 0.6 is 0 Å². The molecule has 0 saturated carbocycles. The Balaban J connectivity index is 2.18. The topological polar surface area (TPSA) is 130 Å². The van der Waals surface area contributed by atoms with E-state index in [-0.39, 0.29) is 17.0 Å². The number of nitrogens with zero attached hydrogens (tertiary/aromatic N) is 1. The number of carbonyl (C=O) groups is 2. The van der Waals surface area contributed by atoms with Gasteiger partial charge in [0.15, 0.2) is 0 Å². The Morgan fingerprint density at radius 3 is 2.28 bits per heavy atom. The van der Waals surface area contributed by atoms with Gasteiger partial charge in [0.25, 0.3) is 5.91 Å². The zero-order valence-corrected chi connectivity index (χ0v) is 16.4. The van der Waals surface area contributed by atoms with Crippen molar-refractivity contribution in [2.45, 2.75) is 32.6 Å². The highest BCUT2D eigenvalue weighted by Crippen LogP contribution is 2.22. The van der Waals surface area contributed by atoms with E-state index in [2.05, 4.69) is 5.32 Å². The van der Waals surface area contributed by atoms with Crippen LogP contribution in [-0.4, -0.2) is 62.5 Å². The Kier molecular flexibility index (Phi) is 7.72. The first-order chi connectivity index (χ1) is 13.7. The summed E-state index contributed by atoms with van der Waals surface area (Å²) < 4.78 is 0. The van der Waals surface area contributed by atoms with Gasteiger partial charge in [0.05, 0.1) is 23.5 Å². The highest BCUT2D eigenvalue weighted by Gasteiger charge is 2.16. The van der Waals surface area contributed by atoms with E-state index in [0.717, 1.165) is 11.6 Å². The molecule has 0 fully saturated rings. The first kappa shape index (κ1) is 22.4. The van der Waals surface area contributed by atoms with E-state index in [1.54, 1.807) is 32.0 Å². The normalized spacial score (nSPS) is 13.1. The molecule has 8 nitrogen and oxygen atoms in total. The summed E-state index contributed by atoms with van der Waals surface area (Å²) in [6.07, 6.45) is -1.13. The fraction of sp³-hybridized carbons (Fsp3) is 0.333. The van der Waals surface area contributed by atoms with Gasteiger partial charge in [-0.15, -0.1) is 0 Å². The summed E-state index contributed by atoms with van der Waals surface area (Å²) in [4.78, 5) is 25.8. The molecule has 0 aliphatic rings. The summed E-state index contributed by atoms with van der Waals surface area (Å²) in [5.41, 5.74) is 1.01. The number of phenols is 1. The quantitative estimate of drug-likeness (QED) is 0.405. The number of phenolic OH excluding ortho intramolecular Hbond substituents is 1. The number of hydrogen-bond acceptors (Lipinski definition) is 6. The van der Waals surface area contributed by atoms with Gasteiger partial charge in [-0.05, 0) is 49.7 Å². The lowest BCUT2D eigenvalue weighted by Crippen LogP contribution is -2.35. The highest BCUT2D eigenvalue weighted by atomic mass is 16.4. The third-order valence-corrected chi connectivity index (χ3v) is 4.12. The Morgan fingerprint density at radius 1 is 1.03 bits per heavy atom. The highest BCUT2D eigenvalue weighted by molar-refractivity contribution is 6.07. The minimum Gasteiger partial charge on any atom is -0.508 e. The number of anilines is 1. The molecule has 2 aromatic carbocycles. The zero-order valence-electron chi connectivity index (χ0n) is 16.4. The van der Waals surface area contributed by atoms with Gasteiger partial charge in [0, 0.05) is 25.2 Å². The van der Waals surface area contributed by atoms with Gasteiger partial charge in [-0.1, -0.05) is 12.1 Å². The predicted octanol–water partition coefficient (Wildman–Crippen LogP) is 1.91. The van der Waals surface area contributed by atoms with Crippen LogP contribution in [0, 0.1) is 0 Å². The van der Waals surface area contributed by atoms with Crippen LogP contribution in [0.15, 0.2) is 42.5 Å². The number of aromatic carboxylic acids is 1. The first-order valence-corrected chi connectivity index (χ1v) is 9.20. The van der Waals surface area contributed by atoms with Gasteiger partial charge in [0.2, 0.25) is 0 Å². The summed E-state index contributed by atoms with van der Waals surface area (Å²) in [5.74, 6) is -1.96. The summed E-state index contributed by atoms with van der Waals surface area (Å²) in [6.45, 7) is 4.50. The van der Waals surface area contributed by atoms with Gasteiger partial charge in [0.1, 0.15) is 5.75 Å². The predicted molar refractivity (Wildman–Crippen MR) is 108 cm³/mol. The molecule has 0 aromatic heterocycles. The zero-order chi connectivity index (χ0) is 21.6. The number of aromatic hydroxyl groups is 1. The number of nitrogens with one attached hydrogen (secondary N) is 1. The standard InChI is InChI=1S/C21H26N2O6/c1-13(24)10-23(11-14(2)25)12-15-4-3-5-16(8-15)20(27)22-19-7-6-17(26)9-18(19)21(28)29/h3-9,13-14,24-26H,10-12H2,1-2H3,(H,22,27)(H,28,29). The number of carboxylic acids is 1. The van der Waals surface area contributed by atoms with Crippen molar-refractivity contribution in [1.29, 1.82) is 0 Å². The van der Waals surface area contributed by atoms with Crippen molar-refractivity contribution in [2.24, 2.45) is 0 Å². The van der Waals surface area contributed by atoms with Gasteiger partial charge in [-0.25, -0.2) is 4.79 Å². The lowest BCUT2D eigenvalue weighted by molar-refractivity contribution is 0.0697. The monoisotopic (exact) mass is 402 g/mol. The molecule has 0 heterocycles. The maximum absolute atomic E-state index is 12.6. The molecule has 2 unspecified atom stereocenters. The summed E-state index contributed by atoms with van der Waals surface area (Å²) in [6, 6.07) is 10.5. The number of carbonyl (C=O) groups excluding carboxylic acids is 1. The van der Waals surface area contributed by atoms with Gasteiger partial charge < -0.3 is 25.7 Å². The molecular weight excluding hydrogens is 376 g/mol. The van der Waals surface area contributed by atoms with Gasteiger partial charge in [-0.2, -0.15) is 0 Å². The Hall–Kier alpha value is -2.94. The van der Waals surface area contributed by atoms with E-state index >= 15 is 0 Å². The van der Waals surface area contributed by atoms with Crippen LogP contribution < -0.4 is 5.32 Å². The number of aliphatic hydroxyl groups excluding tert-OH is 2.